The summed E-state index contributed by atoms with van der Waals surface area (Å²) in [6, 6.07) is 0.0143. The fraction of sp³-hybridized carbons (Fsp3) is 0.444. The second-order valence-corrected chi connectivity index (χ2v) is 3.37. The molecule has 1 unspecified atom stereocenters. The molecule has 2 aromatic heterocycles. The van der Waals surface area contributed by atoms with Gasteiger partial charge in [0.05, 0.1) is 12.6 Å². The maximum Gasteiger partial charge on any atom is 0.203 e. The minimum Gasteiger partial charge on any atom is -0.383 e. The monoisotopic (exact) mass is 222 g/mol. The van der Waals surface area contributed by atoms with E-state index in [0.29, 0.717) is 24.6 Å². The molecule has 0 amide bonds. The van der Waals surface area contributed by atoms with Crippen molar-refractivity contribution in [1.29, 1.82) is 0 Å². The van der Waals surface area contributed by atoms with Crippen LogP contribution in [-0.4, -0.2) is 45.9 Å². The number of rotatable bonds is 5. The third-order valence-electron chi connectivity index (χ3n) is 2.21. The molecule has 0 aromatic carbocycles. The number of methoxy groups -OCH3 is 1. The molecule has 0 bridgehead atoms. The molecule has 0 spiro atoms. The summed E-state index contributed by atoms with van der Waals surface area (Å²) in [4.78, 5) is 4.20. The highest BCUT2D eigenvalue weighted by Gasteiger charge is 2.10. The third-order valence-corrected chi connectivity index (χ3v) is 2.21. The Morgan fingerprint density at radius 2 is 2.50 bits per heavy atom. The molecule has 0 aliphatic heterocycles. The Morgan fingerprint density at radius 1 is 1.62 bits per heavy atom. The molecule has 7 nitrogen and oxygen atoms in total. The molecule has 7 heteroatoms. The highest BCUT2D eigenvalue weighted by atomic mass is 16.5. The maximum absolute atomic E-state index is 5.61. The molecule has 2 rings (SSSR count). The smallest absolute Gasteiger partial charge is 0.203 e. The highest BCUT2D eigenvalue weighted by Crippen LogP contribution is 2.10. The summed E-state index contributed by atoms with van der Waals surface area (Å²) in [7, 11) is 1.63. The van der Waals surface area contributed by atoms with Crippen LogP contribution < -0.4 is 11.1 Å². The first-order valence-corrected chi connectivity index (χ1v) is 4.95. The summed E-state index contributed by atoms with van der Waals surface area (Å²) in [6.07, 6.45) is 5.09. The molecular weight excluding hydrogens is 208 g/mol. The van der Waals surface area contributed by atoms with Crippen LogP contribution >= 0.6 is 0 Å². The molecule has 0 aliphatic carbocycles. The van der Waals surface area contributed by atoms with Crippen molar-refractivity contribution in [1.82, 2.24) is 19.6 Å². The Morgan fingerprint density at radius 3 is 3.25 bits per heavy atom. The Hall–Kier alpha value is -1.73. The summed E-state index contributed by atoms with van der Waals surface area (Å²) in [6.45, 7) is 0.984. The minimum absolute atomic E-state index is 0.0143. The molecule has 0 saturated carbocycles. The van der Waals surface area contributed by atoms with E-state index in [1.54, 1.807) is 30.2 Å². The number of anilines is 1. The van der Waals surface area contributed by atoms with E-state index in [2.05, 4.69) is 20.5 Å². The summed E-state index contributed by atoms with van der Waals surface area (Å²) < 4.78 is 6.83. The molecule has 0 radical (unpaired) electrons. The van der Waals surface area contributed by atoms with Crippen LogP contribution in [0.4, 0.5) is 5.82 Å². The quantitative estimate of drug-likeness (QED) is 0.709. The zero-order valence-corrected chi connectivity index (χ0v) is 9.00. The van der Waals surface area contributed by atoms with Crippen LogP contribution in [0, 0.1) is 0 Å². The Bertz CT molecular complexity index is 456. The lowest BCUT2D eigenvalue weighted by atomic mass is 10.3. The number of aromatic nitrogens is 4. The molecule has 2 aromatic rings. The number of fused-ring (bicyclic) bond motifs is 1. The molecule has 0 fully saturated rings. The standard InChI is InChI=1S/C9H14N6O/c1-16-5-7(4-10)13-8-9-14-12-6-15(9)3-2-11-8/h2-3,6-7H,4-5,10H2,1H3,(H,11,13). The van der Waals surface area contributed by atoms with Gasteiger partial charge in [-0.05, 0) is 0 Å². The number of nitrogens with zero attached hydrogens (tertiary/aromatic N) is 4. The van der Waals surface area contributed by atoms with Gasteiger partial charge in [-0.1, -0.05) is 0 Å². The fourth-order valence-corrected chi connectivity index (χ4v) is 1.42. The van der Waals surface area contributed by atoms with Gasteiger partial charge in [-0.15, -0.1) is 10.2 Å². The molecule has 3 N–H and O–H groups in total. The first-order valence-electron chi connectivity index (χ1n) is 4.95. The van der Waals surface area contributed by atoms with Crippen molar-refractivity contribution in [3.05, 3.63) is 18.7 Å². The number of hydrogen-bond acceptors (Lipinski definition) is 6. The molecule has 1 atom stereocenters. The highest BCUT2D eigenvalue weighted by molar-refractivity contribution is 5.61. The van der Waals surface area contributed by atoms with Crippen LogP contribution in [0.3, 0.4) is 0 Å². The van der Waals surface area contributed by atoms with Crippen molar-refractivity contribution in [3.63, 3.8) is 0 Å². The van der Waals surface area contributed by atoms with Gasteiger partial charge in [0.25, 0.3) is 0 Å². The SMILES string of the molecule is COCC(CN)Nc1nccn2cnnc12. The Balaban J connectivity index is 2.22. The second-order valence-electron chi connectivity index (χ2n) is 3.37. The lowest BCUT2D eigenvalue weighted by Crippen LogP contribution is -2.33. The second kappa shape index (κ2) is 4.86. The van der Waals surface area contributed by atoms with E-state index >= 15 is 0 Å². The zero-order chi connectivity index (χ0) is 11.4. The third kappa shape index (κ3) is 2.10. The molecule has 86 valence electrons. The van der Waals surface area contributed by atoms with Crippen molar-refractivity contribution >= 4 is 11.5 Å². The van der Waals surface area contributed by atoms with Crippen molar-refractivity contribution in [2.24, 2.45) is 5.73 Å². The van der Waals surface area contributed by atoms with Crippen LogP contribution in [0.1, 0.15) is 0 Å². The number of hydrogen-bond donors (Lipinski definition) is 2. The summed E-state index contributed by atoms with van der Waals surface area (Å²) in [5.41, 5.74) is 6.29. The predicted octanol–water partition coefficient (Wildman–Crippen LogP) is -0.490. The first kappa shape index (κ1) is 10.8. The summed E-state index contributed by atoms with van der Waals surface area (Å²) in [5.74, 6) is 0.660. The normalized spacial score (nSPS) is 12.9. The fourth-order valence-electron chi connectivity index (χ4n) is 1.42. The maximum atomic E-state index is 5.61. The van der Waals surface area contributed by atoms with E-state index in [-0.39, 0.29) is 6.04 Å². The van der Waals surface area contributed by atoms with Crippen LogP contribution in [0.5, 0.6) is 0 Å². The zero-order valence-electron chi connectivity index (χ0n) is 9.00. The lowest BCUT2D eigenvalue weighted by Gasteiger charge is -2.16. The van der Waals surface area contributed by atoms with Gasteiger partial charge >= 0.3 is 0 Å². The van der Waals surface area contributed by atoms with Gasteiger partial charge in [-0.25, -0.2) is 4.98 Å². The lowest BCUT2D eigenvalue weighted by molar-refractivity contribution is 0.187. The van der Waals surface area contributed by atoms with Crippen molar-refractivity contribution in [3.8, 4) is 0 Å². The minimum atomic E-state index is 0.0143. The van der Waals surface area contributed by atoms with Gasteiger partial charge in [0.1, 0.15) is 6.33 Å². The van der Waals surface area contributed by atoms with Crippen LogP contribution in [0.25, 0.3) is 5.65 Å². The van der Waals surface area contributed by atoms with Crippen molar-refractivity contribution in [2.45, 2.75) is 6.04 Å². The van der Waals surface area contributed by atoms with E-state index in [0.717, 1.165) is 0 Å². The molecular formula is C9H14N6O. The topological polar surface area (TPSA) is 90.4 Å². The van der Waals surface area contributed by atoms with Gasteiger partial charge in [-0.3, -0.25) is 4.40 Å². The average Bonchev–Trinajstić information content (AvgIpc) is 2.77. The van der Waals surface area contributed by atoms with E-state index in [9.17, 15) is 0 Å². The van der Waals surface area contributed by atoms with Gasteiger partial charge < -0.3 is 15.8 Å². The predicted molar refractivity (Wildman–Crippen MR) is 59.1 cm³/mol. The van der Waals surface area contributed by atoms with E-state index in [1.807, 2.05) is 0 Å². The molecule has 16 heavy (non-hydrogen) atoms. The number of nitrogens with one attached hydrogen (secondary N) is 1. The molecule has 0 saturated heterocycles. The summed E-state index contributed by atoms with van der Waals surface area (Å²) in [5, 5.41) is 11.0. The van der Waals surface area contributed by atoms with Crippen molar-refractivity contribution in [2.75, 3.05) is 25.6 Å². The first-order chi connectivity index (χ1) is 7.85. The van der Waals surface area contributed by atoms with Gasteiger partial charge in [0.2, 0.25) is 5.65 Å². The molecule has 0 aliphatic rings. The van der Waals surface area contributed by atoms with Gasteiger partial charge in [0.15, 0.2) is 5.82 Å². The van der Waals surface area contributed by atoms with E-state index < -0.39 is 0 Å². The van der Waals surface area contributed by atoms with Crippen molar-refractivity contribution < 1.29 is 4.74 Å². The van der Waals surface area contributed by atoms with Gasteiger partial charge in [0, 0.05) is 26.0 Å². The Labute approximate surface area is 92.6 Å². The van der Waals surface area contributed by atoms with Crippen LogP contribution in [0.2, 0.25) is 0 Å². The average molecular weight is 222 g/mol. The number of nitrogens with two attached hydrogens (primary N) is 1. The Kier molecular flexibility index (Phi) is 3.28. The number of ether oxygens (including phenoxy) is 1. The van der Waals surface area contributed by atoms with E-state index in [4.69, 9.17) is 10.5 Å². The van der Waals surface area contributed by atoms with E-state index in [1.165, 1.54) is 0 Å². The van der Waals surface area contributed by atoms with Crippen LogP contribution in [0.15, 0.2) is 18.7 Å². The summed E-state index contributed by atoms with van der Waals surface area (Å²) >= 11 is 0. The largest absolute Gasteiger partial charge is 0.383 e. The molecule has 2 heterocycles. The van der Waals surface area contributed by atoms with Crippen LogP contribution in [-0.2, 0) is 4.74 Å². The van der Waals surface area contributed by atoms with Gasteiger partial charge in [-0.2, -0.15) is 0 Å².